The minimum absolute atomic E-state index is 0.0201. The monoisotopic (exact) mass is 516 g/mol. The fourth-order valence-electron chi connectivity index (χ4n) is 5.06. The van der Waals surface area contributed by atoms with E-state index in [1.54, 1.807) is 48.8 Å². The molecule has 2 aliphatic rings. The topological polar surface area (TPSA) is 107 Å². The number of pyridine rings is 1. The van der Waals surface area contributed by atoms with Crippen LogP contribution in [0, 0.1) is 0 Å². The zero-order chi connectivity index (χ0) is 27.0. The predicted octanol–water partition coefficient (Wildman–Crippen LogP) is 4.05. The predicted molar refractivity (Wildman–Crippen MR) is 138 cm³/mol. The van der Waals surface area contributed by atoms with Crippen LogP contribution < -0.4 is 18.9 Å². The molecule has 0 aliphatic carbocycles. The zero-order valence-electron chi connectivity index (χ0n) is 21.6. The normalized spacial score (nSPS) is 19.7. The average Bonchev–Trinajstić information content (AvgIpc) is 3.43. The van der Waals surface area contributed by atoms with E-state index < -0.39 is 17.7 Å². The molecule has 3 aromatic rings. The molecule has 5 rings (SSSR count). The molecule has 1 fully saturated rings. The smallest absolute Gasteiger partial charge is 0.295 e. The molecule has 1 aromatic heterocycles. The van der Waals surface area contributed by atoms with E-state index in [0.717, 1.165) is 16.9 Å². The molecule has 3 heterocycles. The van der Waals surface area contributed by atoms with Crippen LogP contribution >= 0.6 is 0 Å². The maximum atomic E-state index is 13.5. The lowest BCUT2D eigenvalue weighted by molar-refractivity contribution is -0.140. The van der Waals surface area contributed by atoms with Gasteiger partial charge in [0, 0.05) is 30.9 Å². The fraction of sp³-hybridized carbons (Fsp3) is 0.276. The molecule has 2 aromatic carbocycles. The number of hydrogen-bond donors (Lipinski definition) is 1. The number of ether oxygens (including phenoxy) is 4. The summed E-state index contributed by atoms with van der Waals surface area (Å²) >= 11 is 0. The van der Waals surface area contributed by atoms with Crippen LogP contribution in [0.5, 0.6) is 23.0 Å². The van der Waals surface area contributed by atoms with Gasteiger partial charge >= 0.3 is 0 Å². The van der Waals surface area contributed by atoms with Gasteiger partial charge in [0.05, 0.1) is 32.9 Å². The van der Waals surface area contributed by atoms with Crippen molar-refractivity contribution in [2.75, 3.05) is 21.3 Å². The fourth-order valence-corrected chi connectivity index (χ4v) is 5.06. The number of methoxy groups -OCH3 is 3. The van der Waals surface area contributed by atoms with Crippen LogP contribution in [0.2, 0.25) is 0 Å². The SMILES string of the molecule is COc1cc(C2C(=C(O)c3ccc4c(c3)CC(C)O4)C(=O)C(=O)N2Cc2cccnc2)cc(OC)c1OC. The van der Waals surface area contributed by atoms with Gasteiger partial charge in [0.25, 0.3) is 11.7 Å². The quantitative estimate of drug-likeness (QED) is 0.285. The molecule has 1 saturated heterocycles. The number of ketones is 1. The lowest BCUT2D eigenvalue weighted by atomic mass is 9.93. The third kappa shape index (κ3) is 4.30. The average molecular weight is 517 g/mol. The summed E-state index contributed by atoms with van der Waals surface area (Å²) in [6.07, 6.45) is 3.97. The van der Waals surface area contributed by atoms with Gasteiger partial charge in [0.1, 0.15) is 17.6 Å². The summed E-state index contributed by atoms with van der Waals surface area (Å²) in [5.41, 5.74) is 2.58. The van der Waals surface area contributed by atoms with Crippen LogP contribution in [0.25, 0.3) is 5.76 Å². The number of amides is 1. The van der Waals surface area contributed by atoms with Crippen molar-refractivity contribution in [2.24, 2.45) is 0 Å². The van der Waals surface area contributed by atoms with E-state index in [2.05, 4.69) is 4.98 Å². The van der Waals surface area contributed by atoms with Gasteiger partial charge in [0.15, 0.2) is 11.5 Å². The van der Waals surface area contributed by atoms with Gasteiger partial charge in [-0.05, 0) is 60.0 Å². The maximum Gasteiger partial charge on any atom is 0.295 e. The number of likely N-dealkylation sites (tertiary alicyclic amines) is 1. The summed E-state index contributed by atoms with van der Waals surface area (Å²) in [5.74, 6) is 0.0543. The largest absolute Gasteiger partial charge is 0.507 e. The molecule has 0 radical (unpaired) electrons. The Morgan fingerprint density at radius 3 is 2.45 bits per heavy atom. The van der Waals surface area contributed by atoms with Crippen LogP contribution in [0.1, 0.15) is 35.2 Å². The third-order valence-electron chi connectivity index (χ3n) is 6.79. The Morgan fingerprint density at radius 1 is 1.08 bits per heavy atom. The Labute approximate surface area is 220 Å². The van der Waals surface area contributed by atoms with E-state index in [9.17, 15) is 14.7 Å². The molecule has 2 atom stereocenters. The summed E-state index contributed by atoms with van der Waals surface area (Å²) in [6, 6.07) is 11.3. The highest BCUT2D eigenvalue weighted by Gasteiger charge is 2.46. The summed E-state index contributed by atoms with van der Waals surface area (Å²) in [4.78, 5) is 32.4. The van der Waals surface area contributed by atoms with Crippen LogP contribution in [-0.2, 0) is 22.6 Å². The molecule has 2 aliphatic heterocycles. The molecule has 0 spiro atoms. The number of Topliss-reactive ketones (excluding diaryl/α,β-unsaturated/α-hetero) is 1. The molecule has 0 bridgehead atoms. The second-order valence-electron chi connectivity index (χ2n) is 9.20. The number of rotatable bonds is 7. The molecule has 1 amide bonds. The number of aliphatic hydroxyl groups is 1. The highest BCUT2D eigenvalue weighted by atomic mass is 16.5. The van der Waals surface area contributed by atoms with Crippen molar-refractivity contribution >= 4 is 17.4 Å². The second-order valence-corrected chi connectivity index (χ2v) is 9.20. The van der Waals surface area contributed by atoms with E-state index >= 15 is 0 Å². The van der Waals surface area contributed by atoms with Gasteiger partial charge < -0.3 is 29.0 Å². The Balaban J connectivity index is 1.69. The first kappa shape index (κ1) is 25.1. The van der Waals surface area contributed by atoms with Crippen LogP contribution in [0.4, 0.5) is 0 Å². The minimum atomic E-state index is -0.924. The lowest BCUT2D eigenvalue weighted by Gasteiger charge is -2.26. The first-order chi connectivity index (χ1) is 18.4. The van der Waals surface area contributed by atoms with Gasteiger partial charge in [-0.1, -0.05) is 6.07 Å². The van der Waals surface area contributed by atoms with Gasteiger partial charge in [-0.25, -0.2) is 0 Å². The van der Waals surface area contributed by atoms with E-state index in [-0.39, 0.29) is 24.0 Å². The van der Waals surface area contributed by atoms with Gasteiger partial charge in [0.2, 0.25) is 5.75 Å². The van der Waals surface area contributed by atoms with E-state index in [0.29, 0.717) is 34.8 Å². The van der Waals surface area contributed by atoms with Crippen molar-refractivity contribution in [2.45, 2.75) is 32.0 Å². The van der Waals surface area contributed by atoms with Crippen molar-refractivity contribution in [3.63, 3.8) is 0 Å². The lowest BCUT2D eigenvalue weighted by Crippen LogP contribution is -2.29. The number of nitrogens with zero attached hydrogens (tertiary/aromatic N) is 2. The first-order valence-corrected chi connectivity index (χ1v) is 12.1. The van der Waals surface area contributed by atoms with Crippen LogP contribution in [0.15, 0.2) is 60.4 Å². The molecular formula is C29H28N2O7. The molecule has 38 heavy (non-hydrogen) atoms. The molecule has 9 heteroatoms. The van der Waals surface area contributed by atoms with Crippen molar-refractivity contribution < 1.29 is 33.6 Å². The second kappa shape index (κ2) is 10.1. The number of fused-ring (bicyclic) bond motifs is 1. The molecule has 0 saturated carbocycles. The van der Waals surface area contributed by atoms with Crippen LogP contribution in [0.3, 0.4) is 0 Å². The van der Waals surface area contributed by atoms with Gasteiger partial charge in [-0.3, -0.25) is 14.6 Å². The molecule has 1 N–H and O–H groups in total. The number of aromatic nitrogens is 1. The molecule has 9 nitrogen and oxygen atoms in total. The maximum absolute atomic E-state index is 13.5. The van der Waals surface area contributed by atoms with Gasteiger partial charge in [-0.2, -0.15) is 0 Å². The Bertz CT molecular complexity index is 1410. The number of carbonyl (C=O) groups excluding carboxylic acids is 2. The number of carbonyl (C=O) groups is 2. The Hall–Kier alpha value is -4.53. The van der Waals surface area contributed by atoms with Crippen molar-refractivity contribution in [3.05, 3.63) is 82.7 Å². The summed E-state index contributed by atoms with van der Waals surface area (Å²) in [5, 5.41) is 11.5. The summed E-state index contributed by atoms with van der Waals surface area (Å²) < 4.78 is 22.3. The van der Waals surface area contributed by atoms with Crippen molar-refractivity contribution in [1.29, 1.82) is 0 Å². The summed E-state index contributed by atoms with van der Waals surface area (Å²) in [6.45, 7) is 2.07. The highest BCUT2D eigenvalue weighted by Crippen LogP contribution is 2.46. The van der Waals surface area contributed by atoms with E-state index in [1.807, 2.05) is 13.0 Å². The highest BCUT2D eigenvalue weighted by molar-refractivity contribution is 6.46. The molecule has 2 unspecified atom stereocenters. The van der Waals surface area contributed by atoms with Crippen molar-refractivity contribution in [1.82, 2.24) is 9.88 Å². The summed E-state index contributed by atoms with van der Waals surface area (Å²) in [7, 11) is 4.47. The van der Waals surface area contributed by atoms with E-state index in [1.165, 1.54) is 26.2 Å². The zero-order valence-corrected chi connectivity index (χ0v) is 21.6. The number of hydrogen-bond acceptors (Lipinski definition) is 8. The van der Waals surface area contributed by atoms with Gasteiger partial charge in [-0.15, -0.1) is 0 Å². The Kier molecular flexibility index (Phi) is 6.67. The first-order valence-electron chi connectivity index (χ1n) is 12.1. The Morgan fingerprint density at radius 2 is 1.82 bits per heavy atom. The standard InChI is InChI=1S/C29H28N2O7/c1-16-10-19-11-18(7-8-21(19)38-16)26(32)24-25(20-12-22(35-2)28(37-4)23(13-20)36-3)31(29(34)27(24)33)15-17-6-5-9-30-14-17/h5-9,11-14,16,25,32H,10,15H2,1-4H3. The molecular weight excluding hydrogens is 488 g/mol. The third-order valence-corrected chi connectivity index (χ3v) is 6.79. The van der Waals surface area contributed by atoms with E-state index in [4.69, 9.17) is 18.9 Å². The van der Waals surface area contributed by atoms with Crippen LogP contribution in [-0.4, -0.2) is 54.1 Å². The van der Waals surface area contributed by atoms with Crippen molar-refractivity contribution in [3.8, 4) is 23.0 Å². The molecule has 196 valence electrons. The number of benzene rings is 2. The number of aliphatic hydroxyl groups excluding tert-OH is 1. The minimum Gasteiger partial charge on any atom is -0.507 e.